The molecule has 1 unspecified atom stereocenters. The minimum atomic E-state index is -0.0660. The van der Waals surface area contributed by atoms with Gasteiger partial charge in [0, 0.05) is 21.2 Å². The number of halogens is 1. The second-order valence-electron chi connectivity index (χ2n) is 3.42. The van der Waals surface area contributed by atoms with Crippen molar-refractivity contribution in [1.29, 1.82) is 0 Å². The molecule has 1 amide bonds. The number of benzene rings is 1. The van der Waals surface area contributed by atoms with E-state index >= 15 is 0 Å². The molecule has 1 aromatic rings. The predicted molar refractivity (Wildman–Crippen MR) is 76.7 cm³/mol. The van der Waals surface area contributed by atoms with Crippen LogP contribution in [-0.2, 0) is 0 Å². The quantitative estimate of drug-likeness (QED) is 0.834. The topological polar surface area (TPSA) is 29.1 Å². The summed E-state index contributed by atoms with van der Waals surface area (Å²) < 4.78 is 0.791. The van der Waals surface area contributed by atoms with Crippen molar-refractivity contribution in [3.05, 3.63) is 28.2 Å². The van der Waals surface area contributed by atoms with Gasteiger partial charge in [0.2, 0.25) is 0 Å². The highest BCUT2D eigenvalue weighted by Crippen LogP contribution is 2.20. The zero-order valence-corrected chi connectivity index (χ0v) is 12.5. The van der Waals surface area contributed by atoms with Crippen molar-refractivity contribution in [2.45, 2.75) is 17.1 Å². The van der Waals surface area contributed by atoms with Gasteiger partial charge in [0.1, 0.15) is 0 Å². The summed E-state index contributed by atoms with van der Waals surface area (Å²) in [5.74, 6) is -0.0660. The van der Waals surface area contributed by atoms with Gasteiger partial charge in [-0.15, -0.1) is 12.6 Å². The largest absolute Gasteiger partial charge is 0.351 e. The Morgan fingerprint density at radius 1 is 1.62 bits per heavy atom. The van der Waals surface area contributed by atoms with Gasteiger partial charge in [0.15, 0.2) is 0 Å². The summed E-state index contributed by atoms with van der Waals surface area (Å²) in [7, 11) is 0. The van der Waals surface area contributed by atoms with Crippen LogP contribution in [0.15, 0.2) is 27.6 Å². The van der Waals surface area contributed by atoms with E-state index < -0.39 is 0 Å². The molecule has 0 bridgehead atoms. The molecular weight excluding hydrogens is 306 g/mol. The minimum absolute atomic E-state index is 0.0660. The molecule has 0 radical (unpaired) electrons. The van der Waals surface area contributed by atoms with Crippen LogP contribution in [0.25, 0.3) is 0 Å². The van der Waals surface area contributed by atoms with Crippen molar-refractivity contribution in [3.63, 3.8) is 0 Å². The highest BCUT2D eigenvalue weighted by Gasteiger charge is 2.10. The number of carbonyl (C=O) groups is 1. The highest BCUT2D eigenvalue weighted by atomic mass is 79.9. The Kier molecular flexibility index (Phi) is 5.72. The fraction of sp³-hybridized carbons (Fsp3) is 0.364. The van der Waals surface area contributed by atoms with Crippen LogP contribution in [0.2, 0.25) is 0 Å². The third-order valence-electron chi connectivity index (χ3n) is 2.15. The zero-order chi connectivity index (χ0) is 12.1. The Labute approximate surface area is 114 Å². The van der Waals surface area contributed by atoms with Crippen molar-refractivity contribution < 1.29 is 4.79 Å². The van der Waals surface area contributed by atoms with Crippen molar-refractivity contribution in [1.82, 2.24) is 5.32 Å². The molecule has 1 rings (SSSR count). The summed E-state index contributed by atoms with van der Waals surface area (Å²) >= 11 is 9.30. The summed E-state index contributed by atoms with van der Waals surface area (Å²) in [6.45, 7) is 2.75. The molecule has 0 heterocycles. The van der Waals surface area contributed by atoms with Gasteiger partial charge in [-0.05, 0) is 40.4 Å². The third kappa shape index (κ3) is 4.03. The summed E-state index contributed by atoms with van der Waals surface area (Å²) in [4.78, 5) is 12.6. The van der Waals surface area contributed by atoms with Crippen LogP contribution < -0.4 is 5.32 Å². The molecule has 88 valence electrons. The van der Waals surface area contributed by atoms with Crippen LogP contribution in [0.4, 0.5) is 0 Å². The van der Waals surface area contributed by atoms with Crippen LogP contribution in [0, 0.1) is 0 Å². The van der Waals surface area contributed by atoms with Crippen LogP contribution in [0.5, 0.6) is 0 Å². The van der Waals surface area contributed by atoms with E-state index in [2.05, 4.69) is 40.8 Å². The molecule has 16 heavy (non-hydrogen) atoms. The van der Waals surface area contributed by atoms with Gasteiger partial charge in [-0.3, -0.25) is 4.79 Å². The number of rotatable bonds is 4. The first-order valence-corrected chi connectivity index (χ1v) is 7.37. The molecule has 0 saturated carbocycles. The fourth-order valence-corrected chi connectivity index (χ4v) is 1.98. The molecule has 0 aliphatic carbocycles. The number of nitrogens with one attached hydrogen (secondary N) is 1. The van der Waals surface area contributed by atoms with Crippen molar-refractivity contribution >= 4 is 46.2 Å². The third-order valence-corrected chi connectivity index (χ3v) is 4.09. The van der Waals surface area contributed by atoms with E-state index in [1.54, 1.807) is 17.8 Å². The Hall–Kier alpha value is -0.130. The molecule has 5 heteroatoms. The summed E-state index contributed by atoms with van der Waals surface area (Å²) in [5.41, 5.74) is 0.626. The van der Waals surface area contributed by atoms with Gasteiger partial charge in [-0.1, -0.05) is 6.92 Å². The highest BCUT2D eigenvalue weighted by molar-refractivity contribution is 9.10. The normalized spacial score (nSPS) is 12.2. The zero-order valence-electron chi connectivity index (χ0n) is 9.16. The average Bonchev–Trinajstić information content (AvgIpc) is 2.28. The number of hydrogen-bond acceptors (Lipinski definition) is 3. The van der Waals surface area contributed by atoms with Gasteiger partial charge in [-0.2, -0.15) is 11.8 Å². The Balaban J connectivity index is 2.69. The molecule has 1 N–H and O–H groups in total. The second-order valence-corrected chi connectivity index (χ2v) is 6.07. The maximum absolute atomic E-state index is 11.9. The van der Waals surface area contributed by atoms with Crippen LogP contribution in [-0.4, -0.2) is 24.0 Å². The predicted octanol–water partition coefficient (Wildman–Crippen LogP) is 3.22. The van der Waals surface area contributed by atoms with E-state index in [0.717, 1.165) is 9.37 Å². The lowest BCUT2D eigenvalue weighted by Gasteiger charge is -2.11. The molecule has 2 nitrogen and oxygen atoms in total. The Morgan fingerprint density at radius 2 is 2.31 bits per heavy atom. The number of carbonyl (C=O) groups excluding carboxylic acids is 1. The lowest BCUT2D eigenvalue weighted by atomic mass is 10.2. The molecule has 0 aliphatic heterocycles. The average molecular weight is 320 g/mol. The fourth-order valence-electron chi connectivity index (χ4n) is 1.10. The SMILES string of the molecule is CSC(C)CNC(=O)c1cc(S)ccc1Br. The standard InChI is InChI=1S/C11H14BrNOS2/c1-7(16-2)6-13-11(14)9-5-8(15)3-4-10(9)12/h3-5,7,15H,6H2,1-2H3,(H,13,14). The molecule has 1 atom stereocenters. The van der Waals surface area contributed by atoms with E-state index in [-0.39, 0.29) is 5.91 Å². The van der Waals surface area contributed by atoms with E-state index in [0.29, 0.717) is 17.4 Å². The monoisotopic (exact) mass is 319 g/mol. The summed E-state index contributed by atoms with van der Waals surface area (Å²) in [6, 6.07) is 5.43. The molecule has 0 saturated heterocycles. The van der Waals surface area contributed by atoms with Gasteiger partial charge in [0.05, 0.1) is 5.56 Å². The summed E-state index contributed by atoms with van der Waals surface area (Å²) in [5, 5.41) is 3.31. The maximum atomic E-state index is 11.9. The molecule has 0 fully saturated rings. The number of hydrogen-bond donors (Lipinski definition) is 2. The number of thiol groups is 1. The van der Waals surface area contributed by atoms with Crippen LogP contribution in [0.3, 0.4) is 0 Å². The first kappa shape index (κ1) is 13.9. The molecule has 0 spiro atoms. The first-order valence-electron chi connectivity index (χ1n) is 4.84. The van der Waals surface area contributed by atoms with E-state index in [1.165, 1.54) is 0 Å². The number of thioether (sulfide) groups is 1. The lowest BCUT2D eigenvalue weighted by Crippen LogP contribution is -2.29. The minimum Gasteiger partial charge on any atom is -0.351 e. The summed E-state index contributed by atoms with van der Waals surface area (Å²) in [6.07, 6.45) is 2.03. The van der Waals surface area contributed by atoms with Crippen molar-refractivity contribution in [3.8, 4) is 0 Å². The van der Waals surface area contributed by atoms with E-state index in [4.69, 9.17) is 0 Å². The van der Waals surface area contributed by atoms with Crippen molar-refractivity contribution in [2.75, 3.05) is 12.8 Å². The van der Waals surface area contributed by atoms with Crippen LogP contribution in [0.1, 0.15) is 17.3 Å². The Bertz CT molecular complexity index is 384. The smallest absolute Gasteiger partial charge is 0.252 e. The number of amides is 1. The van der Waals surface area contributed by atoms with E-state index in [9.17, 15) is 4.79 Å². The van der Waals surface area contributed by atoms with Crippen LogP contribution >= 0.6 is 40.3 Å². The Morgan fingerprint density at radius 3 is 2.94 bits per heavy atom. The van der Waals surface area contributed by atoms with Gasteiger partial charge in [-0.25, -0.2) is 0 Å². The second kappa shape index (κ2) is 6.57. The van der Waals surface area contributed by atoms with Gasteiger partial charge >= 0.3 is 0 Å². The molecule has 1 aromatic carbocycles. The van der Waals surface area contributed by atoms with Gasteiger partial charge in [0.25, 0.3) is 5.91 Å². The maximum Gasteiger partial charge on any atom is 0.252 e. The lowest BCUT2D eigenvalue weighted by molar-refractivity contribution is 0.0953. The first-order chi connectivity index (χ1) is 7.54. The van der Waals surface area contributed by atoms with Gasteiger partial charge < -0.3 is 5.32 Å². The molecular formula is C11H14BrNOS2. The van der Waals surface area contributed by atoms with Crippen molar-refractivity contribution in [2.24, 2.45) is 0 Å². The molecule has 0 aromatic heterocycles. The van der Waals surface area contributed by atoms with E-state index in [1.807, 2.05) is 18.4 Å². The molecule has 0 aliphatic rings.